The van der Waals surface area contributed by atoms with Crippen molar-refractivity contribution >= 4 is 18.2 Å². The number of cyclic esters (lactones) is 2. The third-order valence-electron chi connectivity index (χ3n) is 7.89. The summed E-state index contributed by atoms with van der Waals surface area (Å²) in [6.45, 7) is 8.21. The van der Waals surface area contributed by atoms with Gasteiger partial charge in [-0.3, -0.25) is 9.59 Å². The Labute approximate surface area is 143 Å². The van der Waals surface area contributed by atoms with Gasteiger partial charge in [-0.2, -0.15) is 0 Å². The van der Waals surface area contributed by atoms with Crippen molar-refractivity contribution in [2.45, 2.75) is 58.8 Å². The lowest BCUT2D eigenvalue weighted by Gasteiger charge is -2.54. The highest BCUT2D eigenvalue weighted by molar-refractivity contribution is 5.99. The van der Waals surface area contributed by atoms with Crippen LogP contribution in [0.25, 0.3) is 0 Å². The van der Waals surface area contributed by atoms with Gasteiger partial charge in [0.05, 0.1) is 11.3 Å². The van der Waals surface area contributed by atoms with Crippen LogP contribution in [0.4, 0.5) is 0 Å². The minimum Gasteiger partial charge on any atom is -0.392 e. The van der Waals surface area contributed by atoms with Crippen LogP contribution in [0, 0.1) is 34.0 Å². The Kier molecular flexibility index (Phi) is 3.21. The quantitative estimate of drug-likeness (QED) is 0.337. The summed E-state index contributed by atoms with van der Waals surface area (Å²) in [6, 6.07) is 0. The van der Waals surface area contributed by atoms with Crippen molar-refractivity contribution in [1.82, 2.24) is 0 Å². The average molecular weight is 330 g/mol. The number of rotatable bonds is 2. The van der Waals surface area contributed by atoms with Crippen LogP contribution in [0.3, 0.4) is 0 Å². The SMILES string of the molecule is C=C1C[C@]2(C=O)C[C@H]1CC[C@@H]2[C@]1(C)CCC[C@@]2(C)C(=O)OC(=O)[C@@H]12. The summed E-state index contributed by atoms with van der Waals surface area (Å²) in [7, 11) is 0. The molecule has 0 radical (unpaired) electrons. The molecule has 6 atom stereocenters. The molecule has 0 amide bonds. The van der Waals surface area contributed by atoms with Crippen molar-refractivity contribution in [2.24, 2.45) is 34.0 Å². The van der Waals surface area contributed by atoms with Crippen LogP contribution in [0.5, 0.6) is 0 Å². The number of fused-ring (bicyclic) bond motifs is 3. The third-order valence-corrected chi connectivity index (χ3v) is 7.89. The molecule has 4 rings (SSSR count). The van der Waals surface area contributed by atoms with Crippen molar-refractivity contribution in [2.75, 3.05) is 0 Å². The lowest BCUT2D eigenvalue weighted by atomic mass is 9.46. The van der Waals surface area contributed by atoms with Crippen molar-refractivity contribution in [1.29, 1.82) is 0 Å². The van der Waals surface area contributed by atoms with Gasteiger partial charge in [-0.15, -0.1) is 0 Å². The number of carbonyl (C=O) groups is 3. The molecule has 130 valence electrons. The van der Waals surface area contributed by atoms with E-state index in [2.05, 4.69) is 13.5 Å². The van der Waals surface area contributed by atoms with E-state index in [-0.39, 0.29) is 23.3 Å². The van der Waals surface area contributed by atoms with Crippen molar-refractivity contribution in [3.63, 3.8) is 0 Å². The molecule has 4 aliphatic rings. The first-order valence-electron chi connectivity index (χ1n) is 9.17. The van der Waals surface area contributed by atoms with Gasteiger partial charge in [-0.1, -0.05) is 25.5 Å². The van der Waals surface area contributed by atoms with E-state index in [9.17, 15) is 14.4 Å². The first kappa shape index (κ1) is 16.0. The number of aldehydes is 1. The minimum absolute atomic E-state index is 0.126. The predicted octanol–water partition coefficient (Wildman–Crippen LogP) is 3.44. The molecule has 1 heterocycles. The fourth-order valence-corrected chi connectivity index (χ4v) is 6.87. The second-order valence-corrected chi connectivity index (χ2v) is 9.14. The van der Waals surface area contributed by atoms with Gasteiger partial charge in [0, 0.05) is 5.41 Å². The number of hydrogen-bond acceptors (Lipinski definition) is 4. The summed E-state index contributed by atoms with van der Waals surface area (Å²) in [5.74, 6) is -0.584. The molecule has 0 spiro atoms. The molecule has 0 aromatic heterocycles. The molecule has 4 nitrogen and oxygen atoms in total. The molecule has 0 aromatic rings. The Hall–Kier alpha value is -1.45. The van der Waals surface area contributed by atoms with Crippen LogP contribution >= 0.6 is 0 Å². The van der Waals surface area contributed by atoms with Crippen LogP contribution in [-0.2, 0) is 19.1 Å². The zero-order chi connectivity index (χ0) is 17.3. The fraction of sp³-hybridized carbons (Fsp3) is 0.750. The van der Waals surface area contributed by atoms with Gasteiger partial charge in [-0.05, 0) is 62.7 Å². The number of ether oxygens (including phenoxy) is 1. The van der Waals surface area contributed by atoms with Gasteiger partial charge in [0.2, 0.25) is 0 Å². The van der Waals surface area contributed by atoms with Gasteiger partial charge in [0.25, 0.3) is 0 Å². The Bertz CT molecular complexity index is 652. The Morgan fingerprint density at radius 1 is 1.21 bits per heavy atom. The first-order valence-corrected chi connectivity index (χ1v) is 9.17. The molecule has 1 aliphatic heterocycles. The van der Waals surface area contributed by atoms with Crippen LogP contribution in [0.15, 0.2) is 12.2 Å². The highest BCUT2D eigenvalue weighted by atomic mass is 16.6. The van der Waals surface area contributed by atoms with Crippen LogP contribution in [0.1, 0.15) is 58.8 Å². The minimum atomic E-state index is -0.722. The number of allylic oxidation sites excluding steroid dienone is 1. The lowest BCUT2D eigenvalue weighted by molar-refractivity contribution is -0.156. The second-order valence-electron chi connectivity index (χ2n) is 9.14. The van der Waals surface area contributed by atoms with E-state index in [1.54, 1.807) is 0 Å². The molecule has 4 fully saturated rings. The predicted molar refractivity (Wildman–Crippen MR) is 87.7 cm³/mol. The average Bonchev–Trinajstić information content (AvgIpc) is 2.91. The highest BCUT2D eigenvalue weighted by Crippen LogP contribution is 2.67. The molecule has 2 bridgehead atoms. The number of hydrogen-bond donors (Lipinski definition) is 0. The molecule has 3 aliphatic carbocycles. The number of esters is 2. The monoisotopic (exact) mass is 330 g/mol. The van der Waals surface area contributed by atoms with E-state index in [1.165, 1.54) is 5.57 Å². The van der Waals surface area contributed by atoms with Gasteiger partial charge in [0.15, 0.2) is 0 Å². The maximum absolute atomic E-state index is 12.6. The van der Waals surface area contributed by atoms with E-state index in [0.29, 0.717) is 12.3 Å². The normalized spacial score (nSPS) is 50.6. The highest BCUT2D eigenvalue weighted by Gasteiger charge is 2.68. The summed E-state index contributed by atoms with van der Waals surface area (Å²) in [6.07, 6.45) is 7.22. The van der Waals surface area contributed by atoms with Gasteiger partial charge in [-0.25, -0.2) is 0 Å². The molecule has 3 saturated carbocycles. The molecule has 24 heavy (non-hydrogen) atoms. The smallest absolute Gasteiger partial charge is 0.320 e. The molecule has 0 N–H and O–H groups in total. The molecule has 4 heteroatoms. The molecular formula is C20H26O4. The Morgan fingerprint density at radius 3 is 2.67 bits per heavy atom. The summed E-state index contributed by atoms with van der Waals surface area (Å²) in [5, 5.41) is 0. The largest absolute Gasteiger partial charge is 0.392 e. The summed E-state index contributed by atoms with van der Waals surface area (Å²) < 4.78 is 5.08. The van der Waals surface area contributed by atoms with Crippen LogP contribution in [0.2, 0.25) is 0 Å². The Balaban J connectivity index is 1.79. The third kappa shape index (κ3) is 1.77. The van der Waals surface area contributed by atoms with Crippen molar-refractivity contribution in [3.05, 3.63) is 12.2 Å². The summed E-state index contributed by atoms with van der Waals surface area (Å²) in [5.41, 5.74) is -0.288. The number of carbonyl (C=O) groups excluding carboxylic acids is 3. The van der Waals surface area contributed by atoms with Crippen molar-refractivity contribution < 1.29 is 19.1 Å². The first-order chi connectivity index (χ1) is 11.3. The fourth-order valence-electron chi connectivity index (χ4n) is 6.87. The molecule has 1 saturated heterocycles. The van der Waals surface area contributed by atoms with Crippen LogP contribution in [-0.4, -0.2) is 18.2 Å². The van der Waals surface area contributed by atoms with Crippen molar-refractivity contribution in [3.8, 4) is 0 Å². The lowest BCUT2D eigenvalue weighted by Crippen LogP contribution is -2.54. The molecular weight excluding hydrogens is 304 g/mol. The Morgan fingerprint density at radius 2 is 1.96 bits per heavy atom. The van der Waals surface area contributed by atoms with Gasteiger partial charge >= 0.3 is 11.9 Å². The van der Waals surface area contributed by atoms with E-state index in [0.717, 1.165) is 44.8 Å². The maximum Gasteiger partial charge on any atom is 0.320 e. The van der Waals surface area contributed by atoms with E-state index >= 15 is 0 Å². The summed E-state index contributed by atoms with van der Waals surface area (Å²) >= 11 is 0. The molecule has 0 aromatic carbocycles. The molecule has 0 unspecified atom stereocenters. The zero-order valence-electron chi connectivity index (χ0n) is 14.6. The van der Waals surface area contributed by atoms with E-state index in [4.69, 9.17) is 4.74 Å². The van der Waals surface area contributed by atoms with E-state index in [1.807, 2.05) is 6.92 Å². The second kappa shape index (κ2) is 4.80. The zero-order valence-corrected chi connectivity index (χ0v) is 14.6. The standard InChI is InChI=1S/C20H26O4/c1-12-9-20(11-21)10-13(12)5-6-14(20)18(2)7-4-8-19(3)15(18)16(22)24-17(19)23/h11,13-15H,1,4-10H2,2-3H3/t13-,14-,15+,18+,19-,20-/m1/s1. The van der Waals surface area contributed by atoms with Crippen LogP contribution < -0.4 is 0 Å². The van der Waals surface area contributed by atoms with Gasteiger partial charge in [0.1, 0.15) is 6.29 Å². The maximum atomic E-state index is 12.6. The van der Waals surface area contributed by atoms with E-state index < -0.39 is 16.7 Å². The summed E-state index contributed by atoms with van der Waals surface area (Å²) in [4.78, 5) is 37.1. The topological polar surface area (TPSA) is 60.4 Å². The van der Waals surface area contributed by atoms with Gasteiger partial charge < -0.3 is 9.53 Å².